The predicted octanol–water partition coefficient (Wildman–Crippen LogP) is 2.63. The maximum absolute atomic E-state index is 12.2. The van der Waals surface area contributed by atoms with E-state index < -0.39 is 18.1 Å². The molecule has 3 N–H and O–H groups in total. The number of carbonyl (C=O) groups is 1. The number of aliphatic hydroxyl groups is 2. The van der Waals surface area contributed by atoms with Gasteiger partial charge < -0.3 is 15.5 Å². The van der Waals surface area contributed by atoms with Crippen LogP contribution in [-0.4, -0.2) is 33.8 Å². The molecule has 4 atom stereocenters. The number of thiazole rings is 1. The predicted molar refractivity (Wildman–Crippen MR) is 94.7 cm³/mol. The molecule has 130 valence electrons. The minimum atomic E-state index is -1.49. The molecule has 1 fully saturated rings. The summed E-state index contributed by atoms with van der Waals surface area (Å²) in [4.78, 5) is 16.5. The first-order chi connectivity index (χ1) is 11.5. The molecule has 1 aromatic carbocycles. The van der Waals surface area contributed by atoms with Crippen LogP contribution < -0.4 is 5.32 Å². The van der Waals surface area contributed by atoms with Gasteiger partial charge in [-0.1, -0.05) is 31.9 Å². The molecule has 0 radical (unpaired) electrons. The lowest BCUT2D eigenvalue weighted by atomic mass is 9.82. The number of aromatic nitrogens is 1. The molecule has 1 saturated carbocycles. The van der Waals surface area contributed by atoms with Crippen molar-refractivity contribution in [2.75, 3.05) is 6.54 Å². The second-order valence-electron chi connectivity index (χ2n) is 6.79. The van der Waals surface area contributed by atoms with Crippen LogP contribution in [0, 0.1) is 11.8 Å². The Morgan fingerprint density at radius 3 is 2.92 bits per heavy atom. The second-order valence-corrected chi connectivity index (χ2v) is 7.85. The van der Waals surface area contributed by atoms with E-state index in [2.05, 4.69) is 17.2 Å². The number of fused-ring (bicyclic) bond motifs is 1. The number of rotatable bonds is 5. The van der Waals surface area contributed by atoms with Crippen molar-refractivity contribution >= 4 is 27.5 Å². The third-order valence-electron chi connectivity index (χ3n) is 4.74. The van der Waals surface area contributed by atoms with E-state index in [1.54, 1.807) is 0 Å². The minimum Gasteiger partial charge on any atom is -0.383 e. The standard InChI is InChI=1S/C18H24N2O3S/c1-11-5-4-6-12(9-11)10-19-17(23)15(21)16(22)18-20-13-7-2-3-8-14(13)24-18/h2-3,7-8,11-12,15-16,21-22H,4-6,9-10H2,1H3,(H,19,23). The Hall–Kier alpha value is -1.50. The SMILES string of the molecule is CC1CCCC(CNC(=O)C(O)C(O)c2nc3ccccc3s2)C1. The summed E-state index contributed by atoms with van der Waals surface area (Å²) in [5.41, 5.74) is 0.764. The van der Waals surface area contributed by atoms with Crippen molar-refractivity contribution in [3.05, 3.63) is 29.3 Å². The molecule has 0 spiro atoms. The molecular formula is C18H24N2O3S. The molecule has 1 aliphatic carbocycles. The van der Waals surface area contributed by atoms with Crippen molar-refractivity contribution in [2.24, 2.45) is 11.8 Å². The Labute approximate surface area is 145 Å². The molecule has 4 unspecified atom stereocenters. The van der Waals surface area contributed by atoms with Gasteiger partial charge in [0.2, 0.25) is 0 Å². The Morgan fingerprint density at radius 1 is 1.38 bits per heavy atom. The highest BCUT2D eigenvalue weighted by Gasteiger charge is 2.29. The number of amides is 1. The van der Waals surface area contributed by atoms with Crippen LogP contribution in [0.15, 0.2) is 24.3 Å². The Balaban J connectivity index is 1.58. The van der Waals surface area contributed by atoms with Crippen LogP contribution >= 0.6 is 11.3 Å². The summed E-state index contributed by atoms with van der Waals surface area (Å²) in [6.07, 6.45) is 1.87. The van der Waals surface area contributed by atoms with Crippen LogP contribution in [0.1, 0.15) is 43.7 Å². The first kappa shape index (κ1) is 17.3. The number of carbonyl (C=O) groups excluding carboxylic acids is 1. The third-order valence-corrected chi connectivity index (χ3v) is 5.85. The number of hydrogen-bond acceptors (Lipinski definition) is 5. The second kappa shape index (κ2) is 7.59. The van der Waals surface area contributed by atoms with E-state index in [-0.39, 0.29) is 0 Å². The summed E-state index contributed by atoms with van der Waals surface area (Å²) < 4.78 is 0.926. The fourth-order valence-corrected chi connectivity index (χ4v) is 4.37. The third kappa shape index (κ3) is 3.94. The van der Waals surface area contributed by atoms with Gasteiger partial charge in [-0.3, -0.25) is 4.79 Å². The molecule has 1 amide bonds. The maximum atomic E-state index is 12.2. The van der Waals surface area contributed by atoms with E-state index in [0.717, 1.165) is 23.1 Å². The van der Waals surface area contributed by atoms with Crippen LogP contribution in [0.25, 0.3) is 10.2 Å². The number of para-hydroxylation sites is 1. The summed E-state index contributed by atoms with van der Waals surface area (Å²) in [5, 5.41) is 23.6. The number of nitrogens with one attached hydrogen (secondary N) is 1. The minimum absolute atomic E-state index is 0.366. The summed E-state index contributed by atoms with van der Waals surface area (Å²) in [6, 6.07) is 7.51. The molecule has 0 bridgehead atoms. The van der Waals surface area contributed by atoms with Crippen molar-refractivity contribution in [2.45, 2.75) is 44.8 Å². The first-order valence-electron chi connectivity index (χ1n) is 8.54. The van der Waals surface area contributed by atoms with Gasteiger partial charge in [-0.25, -0.2) is 4.98 Å². The topological polar surface area (TPSA) is 82.5 Å². The van der Waals surface area contributed by atoms with Gasteiger partial charge in [0, 0.05) is 6.54 Å². The van der Waals surface area contributed by atoms with E-state index >= 15 is 0 Å². The fraction of sp³-hybridized carbons (Fsp3) is 0.556. The molecule has 1 heterocycles. The molecule has 3 rings (SSSR count). The number of hydrogen-bond donors (Lipinski definition) is 3. The molecule has 0 saturated heterocycles. The van der Waals surface area contributed by atoms with Crippen molar-refractivity contribution in [3.8, 4) is 0 Å². The van der Waals surface area contributed by atoms with Gasteiger partial charge in [0.1, 0.15) is 11.1 Å². The monoisotopic (exact) mass is 348 g/mol. The molecule has 0 aliphatic heterocycles. The molecule has 2 aromatic rings. The smallest absolute Gasteiger partial charge is 0.252 e. The van der Waals surface area contributed by atoms with E-state index in [4.69, 9.17) is 0 Å². The van der Waals surface area contributed by atoms with Crippen molar-refractivity contribution in [3.63, 3.8) is 0 Å². The van der Waals surface area contributed by atoms with Crippen LogP contribution in [0.3, 0.4) is 0 Å². The van der Waals surface area contributed by atoms with Crippen molar-refractivity contribution < 1.29 is 15.0 Å². The lowest BCUT2D eigenvalue weighted by Gasteiger charge is -2.27. The maximum Gasteiger partial charge on any atom is 0.252 e. The zero-order valence-electron chi connectivity index (χ0n) is 13.8. The lowest BCUT2D eigenvalue weighted by Crippen LogP contribution is -2.41. The zero-order chi connectivity index (χ0) is 17.1. The van der Waals surface area contributed by atoms with Crippen molar-refractivity contribution in [1.29, 1.82) is 0 Å². The highest BCUT2D eigenvalue weighted by Crippen LogP contribution is 2.29. The zero-order valence-corrected chi connectivity index (χ0v) is 14.6. The van der Waals surface area contributed by atoms with E-state index in [1.165, 1.54) is 24.2 Å². The molecule has 6 heteroatoms. The van der Waals surface area contributed by atoms with Crippen LogP contribution in [-0.2, 0) is 4.79 Å². The summed E-state index contributed by atoms with van der Waals surface area (Å²) in [6.45, 7) is 2.80. The molecule has 1 aliphatic rings. The average molecular weight is 348 g/mol. The quantitative estimate of drug-likeness (QED) is 0.776. The summed E-state index contributed by atoms with van der Waals surface area (Å²) in [7, 11) is 0. The van der Waals surface area contributed by atoms with E-state index in [0.29, 0.717) is 23.4 Å². The molecule has 24 heavy (non-hydrogen) atoms. The van der Waals surface area contributed by atoms with Gasteiger partial charge in [0.05, 0.1) is 10.2 Å². The molecule has 1 aromatic heterocycles. The normalized spacial score (nSPS) is 23.8. The summed E-state index contributed by atoms with van der Waals surface area (Å²) in [5.74, 6) is 0.628. The van der Waals surface area contributed by atoms with Gasteiger partial charge in [0.25, 0.3) is 5.91 Å². The number of nitrogens with zero attached hydrogens (tertiary/aromatic N) is 1. The van der Waals surface area contributed by atoms with E-state index in [1.807, 2.05) is 24.3 Å². The van der Waals surface area contributed by atoms with Crippen LogP contribution in [0.2, 0.25) is 0 Å². The van der Waals surface area contributed by atoms with Gasteiger partial charge in [-0.05, 0) is 36.8 Å². The van der Waals surface area contributed by atoms with Gasteiger partial charge in [-0.15, -0.1) is 11.3 Å². The molecular weight excluding hydrogens is 324 g/mol. The van der Waals surface area contributed by atoms with Gasteiger partial charge in [0.15, 0.2) is 6.10 Å². The van der Waals surface area contributed by atoms with Crippen LogP contribution in [0.4, 0.5) is 0 Å². The Kier molecular flexibility index (Phi) is 5.48. The lowest BCUT2D eigenvalue weighted by molar-refractivity contribution is -0.135. The fourth-order valence-electron chi connectivity index (χ4n) is 3.39. The average Bonchev–Trinajstić information content (AvgIpc) is 3.02. The first-order valence-corrected chi connectivity index (χ1v) is 9.35. The van der Waals surface area contributed by atoms with Crippen LogP contribution in [0.5, 0.6) is 0 Å². The highest BCUT2D eigenvalue weighted by molar-refractivity contribution is 7.18. The Bertz CT molecular complexity index is 669. The number of aliphatic hydroxyl groups excluding tert-OH is 2. The van der Waals surface area contributed by atoms with Crippen molar-refractivity contribution in [1.82, 2.24) is 10.3 Å². The van der Waals surface area contributed by atoms with Gasteiger partial charge in [-0.2, -0.15) is 0 Å². The highest BCUT2D eigenvalue weighted by atomic mass is 32.1. The summed E-state index contributed by atoms with van der Waals surface area (Å²) >= 11 is 1.30. The number of benzene rings is 1. The largest absolute Gasteiger partial charge is 0.383 e. The molecule has 5 nitrogen and oxygen atoms in total. The van der Waals surface area contributed by atoms with Gasteiger partial charge >= 0.3 is 0 Å². The Morgan fingerprint density at radius 2 is 2.17 bits per heavy atom. The van der Waals surface area contributed by atoms with E-state index in [9.17, 15) is 15.0 Å².